The summed E-state index contributed by atoms with van der Waals surface area (Å²) in [4.78, 5) is 39.8. The number of halogens is 5. The van der Waals surface area contributed by atoms with Crippen molar-refractivity contribution in [2.75, 3.05) is 11.9 Å². The number of hydrogen-bond acceptors (Lipinski definition) is 3. The summed E-state index contributed by atoms with van der Waals surface area (Å²) in [5.74, 6) is -7.59. The number of nitrogens with one attached hydrogen (secondary N) is 1. The van der Waals surface area contributed by atoms with Gasteiger partial charge < -0.3 is 16.0 Å². The van der Waals surface area contributed by atoms with E-state index in [0.717, 1.165) is 17.0 Å². The molecule has 3 aromatic rings. The Morgan fingerprint density at radius 2 is 1.61 bits per heavy atom. The zero-order valence-corrected chi connectivity index (χ0v) is 20.1. The number of nitrogens with two attached hydrogens (primary N) is 1. The highest BCUT2D eigenvalue weighted by Gasteiger charge is 2.35. The van der Waals surface area contributed by atoms with Gasteiger partial charge in [-0.2, -0.15) is 0 Å². The first-order chi connectivity index (χ1) is 17.9. The van der Waals surface area contributed by atoms with Gasteiger partial charge in [0.15, 0.2) is 0 Å². The third-order valence-electron chi connectivity index (χ3n) is 6.45. The van der Waals surface area contributed by atoms with E-state index in [1.807, 2.05) is 0 Å². The van der Waals surface area contributed by atoms with Gasteiger partial charge in [-0.15, -0.1) is 0 Å². The number of primary amides is 1. The van der Waals surface area contributed by atoms with Gasteiger partial charge in [0.25, 0.3) is 11.8 Å². The summed E-state index contributed by atoms with van der Waals surface area (Å²) in [5.41, 5.74) is 4.16. The van der Waals surface area contributed by atoms with Crippen LogP contribution in [-0.4, -0.2) is 29.8 Å². The summed E-state index contributed by atoms with van der Waals surface area (Å²) in [6, 6.07) is 5.86. The van der Waals surface area contributed by atoms with Crippen LogP contribution in [0.3, 0.4) is 0 Å². The minimum atomic E-state index is -1.22. The van der Waals surface area contributed by atoms with E-state index < -0.39 is 82.8 Å². The number of nitrogens with zero attached hydrogens (tertiary/aromatic N) is 2. The lowest BCUT2D eigenvalue weighted by molar-refractivity contribution is 0.0948. The molecule has 0 spiro atoms. The molecular weight excluding hydrogens is 511 g/mol. The van der Waals surface area contributed by atoms with Gasteiger partial charge in [-0.05, 0) is 36.8 Å². The Hall–Kier alpha value is -4.48. The zero-order valence-electron chi connectivity index (χ0n) is 20.1. The fourth-order valence-corrected chi connectivity index (χ4v) is 4.20. The molecule has 0 bridgehead atoms. The van der Waals surface area contributed by atoms with Crippen LogP contribution in [0.15, 0.2) is 42.5 Å². The molecule has 0 saturated heterocycles. The highest BCUT2D eigenvalue weighted by molar-refractivity contribution is 6.00. The molecule has 38 heavy (non-hydrogen) atoms. The van der Waals surface area contributed by atoms with Crippen molar-refractivity contribution in [1.82, 2.24) is 10.2 Å². The molecule has 0 aromatic heterocycles. The molecule has 0 radical (unpaired) electrons. The van der Waals surface area contributed by atoms with Crippen LogP contribution >= 0.6 is 0 Å². The Morgan fingerprint density at radius 1 is 0.947 bits per heavy atom. The number of hydrogen-bond donors (Lipinski definition) is 2. The molecule has 0 aliphatic carbocycles. The zero-order chi connectivity index (χ0) is 27.9. The predicted molar refractivity (Wildman–Crippen MR) is 127 cm³/mol. The number of rotatable bonds is 6. The van der Waals surface area contributed by atoms with Crippen molar-refractivity contribution < 1.29 is 36.3 Å². The maximum Gasteiger partial charge on any atom is 0.325 e. The van der Waals surface area contributed by atoms with Crippen LogP contribution in [0.25, 0.3) is 0 Å². The third-order valence-corrected chi connectivity index (χ3v) is 6.45. The Kier molecular flexibility index (Phi) is 7.07. The van der Waals surface area contributed by atoms with Crippen molar-refractivity contribution in [3.05, 3.63) is 99.4 Å². The van der Waals surface area contributed by atoms with Crippen molar-refractivity contribution >= 4 is 23.5 Å². The minimum absolute atomic E-state index is 0.0203. The first-order valence-corrected chi connectivity index (χ1v) is 11.3. The van der Waals surface area contributed by atoms with Crippen LogP contribution < -0.4 is 16.0 Å². The molecule has 198 valence electrons. The van der Waals surface area contributed by atoms with E-state index in [1.165, 1.54) is 30.1 Å². The quantitative estimate of drug-likeness (QED) is 0.457. The van der Waals surface area contributed by atoms with Crippen LogP contribution in [-0.2, 0) is 13.1 Å². The predicted octanol–water partition coefficient (Wildman–Crippen LogP) is 4.54. The lowest BCUT2D eigenvalue weighted by Gasteiger charge is -2.39. The molecule has 4 amide bonds. The minimum Gasteiger partial charge on any atom is -0.366 e. The average Bonchev–Trinajstić information content (AvgIpc) is 2.85. The molecule has 7 nitrogen and oxygen atoms in total. The van der Waals surface area contributed by atoms with Gasteiger partial charge >= 0.3 is 6.03 Å². The standard InChI is InChI=1S/C26H21F5N4O3/c1-12-15-4-3-13(25(37)33-10-17-20(29)8-14(27)9-21(17)30)7-22(15)35(26(38)34(12)2)11-18-19(28)6-5-16(23(18)31)24(32)36/h3-9,12H,10-11H2,1-2H3,(H2,32,36)(H,33,37)/t12-/m0/s1. The van der Waals surface area contributed by atoms with Crippen LogP contribution in [0.4, 0.5) is 32.4 Å². The molecule has 1 heterocycles. The maximum atomic E-state index is 14.9. The Morgan fingerprint density at radius 3 is 2.24 bits per heavy atom. The molecular formula is C26H21F5N4O3. The number of urea groups is 1. The van der Waals surface area contributed by atoms with Crippen molar-refractivity contribution in [3.63, 3.8) is 0 Å². The van der Waals surface area contributed by atoms with Gasteiger partial charge in [-0.25, -0.2) is 26.7 Å². The normalized spacial score (nSPS) is 14.9. The average molecular weight is 532 g/mol. The number of amides is 4. The summed E-state index contributed by atoms with van der Waals surface area (Å²) < 4.78 is 70.6. The van der Waals surface area contributed by atoms with Crippen molar-refractivity contribution in [3.8, 4) is 0 Å². The number of benzene rings is 3. The largest absolute Gasteiger partial charge is 0.366 e. The fraction of sp³-hybridized carbons (Fsp3) is 0.192. The Labute approximate surface area is 213 Å². The summed E-state index contributed by atoms with van der Waals surface area (Å²) in [6.07, 6.45) is 0. The number of anilines is 1. The molecule has 4 rings (SSSR count). The van der Waals surface area contributed by atoms with Crippen molar-refractivity contribution in [2.24, 2.45) is 5.73 Å². The molecule has 3 aromatic carbocycles. The monoisotopic (exact) mass is 532 g/mol. The van der Waals surface area contributed by atoms with Crippen LogP contribution in [0.2, 0.25) is 0 Å². The first-order valence-electron chi connectivity index (χ1n) is 11.3. The molecule has 0 saturated carbocycles. The van der Waals surface area contributed by atoms with Crippen molar-refractivity contribution in [1.29, 1.82) is 0 Å². The summed E-state index contributed by atoms with van der Waals surface area (Å²) in [5, 5.41) is 2.33. The van der Waals surface area contributed by atoms with E-state index in [4.69, 9.17) is 5.73 Å². The second-order valence-electron chi connectivity index (χ2n) is 8.71. The van der Waals surface area contributed by atoms with Crippen LogP contribution in [0.5, 0.6) is 0 Å². The lowest BCUT2D eigenvalue weighted by atomic mass is 9.98. The lowest BCUT2D eigenvalue weighted by Crippen LogP contribution is -2.47. The summed E-state index contributed by atoms with van der Waals surface area (Å²) >= 11 is 0. The van der Waals surface area contributed by atoms with Crippen LogP contribution in [0.1, 0.15) is 50.4 Å². The number of carbonyl (C=O) groups is 3. The van der Waals surface area contributed by atoms with E-state index >= 15 is 0 Å². The molecule has 0 unspecified atom stereocenters. The highest BCUT2D eigenvalue weighted by Crippen LogP contribution is 2.38. The molecule has 1 atom stereocenters. The molecule has 3 N–H and O–H groups in total. The highest BCUT2D eigenvalue weighted by atomic mass is 19.2. The summed E-state index contributed by atoms with van der Waals surface area (Å²) in [6.45, 7) is 0.494. The van der Waals surface area contributed by atoms with Gasteiger partial charge in [-0.3, -0.25) is 14.5 Å². The first kappa shape index (κ1) is 26.6. The van der Waals surface area contributed by atoms with E-state index in [1.54, 1.807) is 6.92 Å². The van der Waals surface area contributed by atoms with Gasteiger partial charge in [0.2, 0.25) is 0 Å². The number of carbonyl (C=O) groups excluding carboxylic acids is 3. The molecule has 0 fully saturated rings. The van der Waals surface area contributed by atoms with Gasteiger partial charge in [-0.1, -0.05) is 6.07 Å². The van der Waals surface area contributed by atoms with E-state index in [2.05, 4.69) is 5.32 Å². The molecule has 1 aliphatic rings. The molecule has 12 heteroatoms. The molecule has 1 aliphatic heterocycles. The Balaban J connectivity index is 1.69. The van der Waals surface area contributed by atoms with Gasteiger partial charge in [0.05, 0.1) is 23.8 Å². The SMILES string of the molecule is C[C@H]1c2ccc(C(=O)NCc3c(F)cc(F)cc3F)cc2N(Cc2c(F)ccc(C(N)=O)c2F)C(=O)N1C. The fourth-order valence-electron chi connectivity index (χ4n) is 4.20. The van der Waals surface area contributed by atoms with E-state index in [-0.39, 0.29) is 11.3 Å². The second kappa shape index (κ2) is 10.1. The van der Waals surface area contributed by atoms with Crippen LogP contribution in [0, 0.1) is 29.1 Å². The van der Waals surface area contributed by atoms with Crippen molar-refractivity contribution in [2.45, 2.75) is 26.1 Å². The third kappa shape index (κ3) is 4.76. The maximum absolute atomic E-state index is 14.9. The second-order valence-corrected chi connectivity index (χ2v) is 8.71. The van der Waals surface area contributed by atoms with Gasteiger partial charge in [0, 0.05) is 42.4 Å². The topological polar surface area (TPSA) is 95.7 Å². The van der Waals surface area contributed by atoms with E-state index in [9.17, 15) is 36.3 Å². The Bertz CT molecular complexity index is 1460. The summed E-state index contributed by atoms with van der Waals surface area (Å²) in [7, 11) is 1.49. The van der Waals surface area contributed by atoms with E-state index in [0.29, 0.717) is 17.7 Å². The van der Waals surface area contributed by atoms with Gasteiger partial charge in [0.1, 0.15) is 29.1 Å². The number of fused-ring (bicyclic) bond motifs is 1. The smallest absolute Gasteiger partial charge is 0.325 e.